The minimum absolute atomic E-state index is 0.404. The van der Waals surface area contributed by atoms with Crippen LogP contribution < -0.4 is 0 Å². The average molecular weight is 469 g/mol. The smallest absolute Gasteiger partial charge is 0.362 e. The first-order chi connectivity index (χ1) is 13.5. The van der Waals surface area contributed by atoms with Gasteiger partial charge in [-0.15, -0.1) is 0 Å². The molecule has 30 heavy (non-hydrogen) atoms. The summed E-state index contributed by atoms with van der Waals surface area (Å²) < 4.78 is 163. The van der Waals surface area contributed by atoms with Crippen LogP contribution in [0.3, 0.4) is 0 Å². The van der Waals surface area contributed by atoms with Gasteiger partial charge < -0.3 is 4.74 Å². The van der Waals surface area contributed by atoms with E-state index in [0.717, 1.165) is 0 Å². The van der Waals surface area contributed by atoms with Crippen LogP contribution in [0, 0.1) is 5.92 Å². The lowest BCUT2D eigenvalue weighted by molar-refractivity contribution is -0.305. The van der Waals surface area contributed by atoms with Crippen molar-refractivity contribution in [1.29, 1.82) is 0 Å². The van der Waals surface area contributed by atoms with E-state index in [1.54, 1.807) is 0 Å². The van der Waals surface area contributed by atoms with E-state index in [0.29, 0.717) is 4.90 Å². The van der Waals surface area contributed by atoms with Gasteiger partial charge in [-0.3, -0.25) is 4.90 Å². The summed E-state index contributed by atoms with van der Waals surface area (Å²) in [5.41, 5.74) is 0. The molecule has 2 heterocycles. The second-order valence-corrected chi connectivity index (χ2v) is 7.49. The van der Waals surface area contributed by atoms with Crippen molar-refractivity contribution in [3.63, 3.8) is 0 Å². The highest BCUT2D eigenvalue weighted by atomic mass is 19.4. The first-order valence-corrected chi connectivity index (χ1v) is 9.05. The molecule has 0 aromatic heterocycles. The van der Waals surface area contributed by atoms with Crippen molar-refractivity contribution in [1.82, 2.24) is 4.90 Å². The lowest BCUT2D eigenvalue weighted by Gasteiger charge is -2.42. The van der Waals surface area contributed by atoms with Crippen LogP contribution in [0.1, 0.15) is 32.1 Å². The number of rotatable bonds is 5. The summed E-state index contributed by atoms with van der Waals surface area (Å²) in [4.78, 5) is 0.404. The molecule has 2 nitrogen and oxygen atoms in total. The summed E-state index contributed by atoms with van der Waals surface area (Å²) in [6.45, 7) is -1.37. The molecular weight excluding hydrogens is 450 g/mol. The average Bonchev–Trinajstić information content (AvgIpc) is 2.65. The lowest BCUT2D eigenvalue weighted by atomic mass is 9.92. The van der Waals surface area contributed by atoms with Gasteiger partial charge in [-0.25, -0.2) is 17.6 Å². The molecule has 0 amide bonds. The van der Waals surface area contributed by atoms with Crippen LogP contribution in [-0.2, 0) is 4.74 Å². The summed E-state index contributed by atoms with van der Waals surface area (Å²) >= 11 is 0. The second-order valence-electron chi connectivity index (χ2n) is 7.49. The number of hydrogen-bond acceptors (Lipinski definition) is 2. The number of hydrogen-bond donors (Lipinski definition) is 0. The Morgan fingerprint density at radius 2 is 1.17 bits per heavy atom. The maximum Gasteiger partial charge on any atom is 0.425 e. The molecule has 0 aromatic carbocycles. The van der Waals surface area contributed by atoms with Gasteiger partial charge in [0.05, 0.1) is 5.92 Å². The SMILES string of the molecule is FC(N1CCC(C(F)(F)F)CC1)C(F)(F)C1CCCC(C(F)(F)C(F)C(F)(F)F)O1. The van der Waals surface area contributed by atoms with Gasteiger partial charge >= 0.3 is 24.2 Å². The number of piperidine rings is 1. The molecule has 0 aliphatic carbocycles. The van der Waals surface area contributed by atoms with Crippen molar-refractivity contribution < 1.29 is 57.4 Å². The predicted octanol–water partition coefficient (Wildman–Crippen LogP) is 5.67. The second kappa shape index (κ2) is 8.55. The molecular formula is C16H19F12NO. The van der Waals surface area contributed by atoms with E-state index in [9.17, 15) is 52.7 Å². The first kappa shape index (κ1) is 25.3. The molecule has 4 atom stereocenters. The van der Waals surface area contributed by atoms with Crippen LogP contribution in [0.4, 0.5) is 52.7 Å². The van der Waals surface area contributed by atoms with Gasteiger partial charge in [-0.1, -0.05) is 0 Å². The molecule has 0 radical (unpaired) electrons. The van der Waals surface area contributed by atoms with E-state index in [-0.39, 0.29) is 0 Å². The van der Waals surface area contributed by atoms with Crippen molar-refractivity contribution in [3.8, 4) is 0 Å². The fourth-order valence-corrected chi connectivity index (χ4v) is 3.62. The van der Waals surface area contributed by atoms with Crippen LogP contribution in [-0.4, -0.2) is 66.9 Å². The van der Waals surface area contributed by atoms with Crippen LogP contribution in [0.5, 0.6) is 0 Å². The highest BCUT2D eigenvalue weighted by Crippen LogP contribution is 2.45. The van der Waals surface area contributed by atoms with Gasteiger partial charge in [-0.2, -0.15) is 35.1 Å². The molecule has 2 rings (SSSR count). The minimum atomic E-state index is -5.96. The summed E-state index contributed by atoms with van der Waals surface area (Å²) in [7, 11) is 0. The van der Waals surface area contributed by atoms with Gasteiger partial charge in [0, 0.05) is 13.1 Å². The Balaban J connectivity index is 2.07. The van der Waals surface area contributed by atoms with E-state index in [4.69, 9.17) is 0 Å². The zero-order chi connectivity index (χ0) is 23.1. The molecule has 0 bridgehead atoms. The van der Waals surface area contributed by atoms with Crippen molar-refractivity contribution in [2.24, 2.45) is 5.92 Å². The van der Waals surface area contributed by atoms with Crippen LogP contribution in [0.25, 0.3) is 0 Å². The summed E-state index contributed by atoms with van der Waals surface area (Å²) in [5, 5.41) is 0. The van der Waals surface area contributed by atoms with Crippen molar-refractivity contribution in [2.45, 2.75) is 81.0 Å². The first-order valence-electron chi connectivity index (χ1n) is 9.05. The minimum Gasteiger partial charge on any atom is -0.362 e. The Morgan fingerprint density at radius 3 is 1.60 bits per heavy atom. The third kappa shape index (κ3) is 5.28. The highest BCUT2D eigenvalue weighted by molar-refractivity contribution is 4.96. The molecule has 0 spiro atoms. The molecule has 178 valence electrons. The zero-order valence-electron chi connectivity index (χ0n) is 15.2. The van der Waals surface area contributed by atoms with E-state index < -0.39 is 100.0 Å². The van der Waals surface area contributed by atoms with Crippen LogP contribution in [0.2, 0.25) is 0 Å². The highest BCUT2D eigenvalue weighted by Gasteiger charge is 2.63. The summed E-state index contributed by atoms with van der Waals surface area (Å²) in [6.07, 6.45) is -27.2. The summed E-state index contributed by atoms with van der Waals surface area (Å²) in [5.74, 6) is -11.5. The molecule has 2 fully saturated rings. The lowest BCUT2D eigenvalue weighted by Crippen LogP contribution is -2.59. The molecule has 4 unspecified atom stereocenters. The molecule has 0 N–H and O–H groups in total. The third-order valence-corrected chi connectivity index (χ3v) is 5.38. The number of halogens is 12. The van der Waals surface area contributed by atoms with E-state index in [2.05, 4.69) is 4.74 Å². The van der Waals surface area contributed by atoms with E-state index in [1.807, 2.05) is 0 Å². The number of alkyl halides is 12. The van der Waals surface area contributed by atoms with E-state index >= 15 is 0 Å². The fourth-order valence-electron chi connectivity index (χ4n) is 3.62. The molecule has 2 aliphatic rings. The van der Waals surface area contributed by atoms with Gasteiger partial charge in [0.2, 0.25) is 6.30 Å². The van der Waals surface area contributed by atoms with Gasteiger partial charge in [0.15, 0.2) is 0 Å². The number of likely N-dealkylation sites (tertiary alicyclic amines) is 1. The number of nitrogens with zero attached hydrogens (tertiary/aromatic N) is 1. The van der Waals surface area contributed by atoms with Crippen molar-refractivity contribution >= 4 is 0 Å². The molecule has 14 heteroatoms. The topological polar surface area (TPSA) is 12.5 Å². The Kier molecular flexibility index (Phi) is 7.22. The Bertz CT molecular complexity index is 570. The molecule has 0 aromatic rings. The third-order valence-electron chi connectivity index (χ3n) is 5.38. The Morgan fingerprint density at radius 1 is 0.700 bits per heavy atom. The summed E-state index contributed by atoms with van der Waals surface area (Å²) in [6, 6.07) is 0. The maximum absolute atomic E-state index is 14.5. The van der Waals surface area contributed by atoms with Crippen molar-refractivity contribution in [2.75, 3.05) is 13.1 Å². The largest absolute Gasteiger partial charge is 0.425 e. The van der Waals surface area contributed by atoms with Crippen LogP contribution >= 0.6 is 0 Å². The molecule has 2 saturated heterocycles. The van der Waals surface area contributed by atoms with Crippen molar-refractivity contribution in [3.05, 3.63) is 0 Å². The normalized spacial score (nSPS) is 28.4. The van der Waals surface area contributed by atoms with E-state index in [1.165, 1.54) is 0 Å². The Hall–Kier alpha value is -0.920. The van der Waals surface area contributed by atoms with Gasteiger partial charge in [0.25, 0.3) is 6.17 Å². The van der Waals surface area contributed by atoms with Gasteiger partial charge in [0.1, 0.15) is 12.2 Å². The zero-order valence-corrected chi connectivity index (χ0v) is 15.2. The standard InChI is InChI=1S/C16H19F12NO/c17-11(16(26,27)28)13(19,20)9-2-1-3-10(30-9)14(21,22)12(18)29-6-4-8(5-7-29)15(23,24)25/h8-12H,1-7H2. The fraction of sp³-hybridized carbons (Fsp3) is 1.00. The Labute approximate surface area is 163 Å². The monoisotopic (exact) mass is 469 g/mol. The quantitative estimate of drug-likeness (QED) is 0.381. The van der Waals surface area contributed by atoms with Crippen LogP contribution in [0.15, 0.2) is 0 Å². The predicted molar refractivity (Wildman–Crippen MR) is 78.6 cm³/mol. The molecule has 2 aliphatic heterocycles. The maximum atomic E-state index is 14.5. The molecule has 0 saturated carbocycles. The number of ether oxygens (including phenoxy) is 1. The van der Waals surface area contributed by atoms with Gasteiger partial charge in [-0.05, 0) is 32.1 Å².